The lowest BCUT2D eigenvalue weighted by molar-refractivity contribution is 0.125. The molecule has 0 fully saturated rings. The van der Waals surface area contributed by atoms with Crippen LogP contribution in [0.25, 0.3) is 16.7 Å². The van der Waals surface area contributed by atoms with Crippen LogP contribution >= 0.6 is 0 Å². The van der Waals surface area contributed by atoms with Crippen molar-refractivity contribution in [2.24, 2.45) is 11.1 Å². The Morgan fingerprint density at radius 2 is 1.87 bits per heavy atom. The second-order valence-corrected chi connectivity index (χ2v) is 8.13. The van der Waals surface area contributed by atoms with Gasteiger partial charge in [-0.1, -0.05) is 19.0 Å². The van der Waals surface area contributed by atoms with E-state index in [1.165, 1.54) is 11.3 Å². The highest BCUT2D eigenvalue weighted by molar-refractivity contribution is 5.98. The summed E-state index contributed by atoms with van der Waals surface area (Å²) in [4.78, 5) is 14.9. The average Bonchev–Trinajstić information content (AvgIpc) is 3.27. The number of methoxy groups -OCH3 is 1. The summed E-state index contributed by atoms with van der Waals surface area (Å²) in [7, 11) is 1.65. The van der Waals surface area contributed by atoms with E-state index in [1.807, 2.05) is 31.2 Å². The molecule has 0 amide bonds. The SMILES string of the molecule is COc1ccc(/C(C)=N/OCc2nc3c4c(C)c(C)n(CC(C)C)c4ncn3n2)cc1. The molecular formula is C23H28N6O2. The molecule has 0 aliphatic heterocycles. The van der Waals surface area contributed by atoms with Gasteiger partial charge in [0.15, 0.2) is 18.1 Å². The molecule has 0 aliphatic carbocycles. The van der Waals surface area contributed by atoms with Crippen LogP contribution in [-0.4, -0.2) is 37.0 Å². The molecule has 0 atom stereocenters. The lowest BCUT2D eigenvalue weighted by Gasteiger charge is -2.10. The van der Waals surface area contributed by atoms with Gasteiger partial charge >= 0.3 is 0 Å². The maximum atomic E-state index is 5.54. The maximum absolute atomic E-state index is 5.54. The molecule has 4 aromatic rings. The zero-order chi connectivity index (χ0) is 22.1. The number of rotatable bonds is 7. The molecule has 0 saturated heterocycles. The highest BCUT2D eigenvalue weighted by Gasteiger charge is 2.18. The van der Waals surface area contributed by atoms with Gasteiger partial charge in [0.25, 0.3) is 0 Å². The van der Waals surface area contributed by atoms with Crippen molar-refractivity contribution in [1.82, 2.24) is 24.1 Å². The topological polar surface area (TPSA) is 78.8 Å². The van der Waals surface area contributed by atoms with Crippen molar-refractivity contribution in [2.75, 3.05) is 7.11 Å². The van der Waals surface area contributed by atoms with Crippen molar-refractivity contribution >= 4 is 22.4 Å². The molecule has 3 aromatic heterocycles. The third kappa shape index (κ3) is 3.97. The number of hydrogen-bond acceptors (Lipinski definition) is 6. The van der Waals surface area contributed by atoms with Crippen LogP contribution in [0.1, 0.15) is 43.4 Å². The second kappa shape index (κ2) is 8.37. The molecule has 1 aromatic carbocycles. The largest absolute Gasteiger partial charge is 0.497 e. The molecule has 3 heterocycles. The summed E-state index contributed by atoms with van der Waals surface area (Å²) in [5.41, 5.74) is 5.87. The summed E-state index contributed by atoms with van der Waals surface area (Å²) in [6.07, 6.45) is 1.72. The zero-order valence-corrected chi connectivity index (χ0v) is 18.9. The van der Waals surface area contributed by atoms with Crippen LogP contribution in [0.2, 0.25) is 0 Å². The van der Waals surface area contributed by atoms with E-state index >= 15 is 0 Å². The van der Waals surface area contributed by atoms with Gasteiger partial charge in [0.1, 0.15) is 17.7 Å². The first-order valence-corrected chi connectivity index (χ1v) is 10.4. The molecule has 0 N–H and O–H groups in total. The lowest BCUT2D eigenvalue weighted by atomic mass is 10.1. The highest BCUT2D eigenvalue weighted by atomic mass is 16.6. The van der Waals surface area contributed by atoms with Crippen molar-refractivity contribution in [3.05, 3.63) is 53.2 Å². The van der Waals surface area contributed by atoms with Crippen molar-refractivity contribution in [1.29, 1.82) is 0 Å². The predicted molar refractivity (Wildman–Crippen MR) is 121 cm³/mol. The first-order chi connectivity index (χ1) is 14.9. The lowest BCUT2D eigenvalue weighted by Crippen LogP contribution is -2.07. The standard InChI is InChI=1S/C23H28N6O2/c1-14(2)11-28-17(5)15(3)21-22(28)24-13-29-23(21)25-20(26-29)12-31-27-16(4)18-7-9-19(30-6)10-8-18/h7-10,13-14H,11-12H2,1-6H3/b27-16+. The van der Waals surface area contributed by atoms with Crippen LogP contribution in [0.15, 0.2) is 35.7 Å². The van der Waals surface area contributed by atoms with Gasteiger partial charge in [-0.15, -0.1) is 5.10 Å². The van der Waals surface area contributed by atoms with Crippen molar-refractivity contribution in [2.45, 2.75) is 47.8 Å². The summed E-state index contributed by atoms with van der Waals surface area (Å²) in [5, 5.41) is 9.77. The molecule has 8 heteroatoms. The molecule has 0 aliphatic rings. The fraction of sp³-hybridized carbons (Fsp3) is 0.391. The van der Waals surface area contributed by atoms with Crippen LogP contribution < -0.4 is 4.74 Å². The Labute approximate surface area is 181 Å². The smallest absolute Gasteiger partial charge is 0.192 e. The number of nitrogens with zero attached hydrogens (tertiary/aromatic N) is 6. The Kier molecular flexibility index (Phi) is 5.63. The fourth-order valence-electron chi connectivity index (χ4n) is 3.70. The van der Waals surface area contributed by atoms with Gasteiger partial charge in [-0.3, -0.25) is 0 Å². The number of oxime groups is 1. The Balaban J connectivity index is 1.58. The van der Waals surface area contributed by atoms with Crippen LogP contribution in [0.4, 0.5) is 0 Å². The third-order valence-corrected chi connectivity index (χ3v) is 5.44. The van der Waals surface area contributed by atoms with Crippen LogP contribution in [0.3, 0.4) is 0 Å². The summed E-state index contributed by atoms with van der Waals surface area (Å²) in [5.74, 6) is 1.90. The number of ether oxygens (including phenoxy) is 1. The Hall–Kier alpha value is -3.42. The third-order valence-electron chi connectivity index (χ3n) is 5.44. The minimum Gasteiger partial charge on any atom is -0.497 e. The number of aryl methyl sites for hydroxylation is 1. The van der Waals surface area contributed by atoms with Crippen molar-refractivity contribution in [3.63, 3.8) is 0 Å². The van der Waals surface area contributed by atoms with Gasteiger partial charge in [0.05, 0.1) is 18.2 Å². The number of aromatic nitrogens is 5. The summed E-state index contributed by atoms with van der Waals surface area (Å²) in [6, 6.07) is 7.68. The molecule has 0 spiro atoms. The molecule has 31 heavy (non-hydrogen) atoms. The second-order valence-electron chi connectivity index (χ2n) is 8.13. The molecule has 4 rings (SSSR count). The normalized spacial score (nSPS) is 12.3. The predicted octanol–water partition coefficient (Wildman–Crippen LogP) is 4.30. The van der Waals surface area contributed by atoms with Crippen LogP contribution in [0, 0.1) is 19.8 Å². The van der Waals surface area contributed by atoms with E-state index in [4.69, 9.17) is 14.6 Å². The molecule has 0 unspecified atom stereocenters. The monoisotopic (exact) mass is 420 g/mol. The molecule has 0 bridgehead atoms. The zero-order valence-electron chi connectivity index (χ0n) is 18.9. The first-order valence-electron chi connectivity index (χ1n) is 10.4. The minimum atomic E-state index is 0.182. The summed E-state index contributed by atoms with van der Waals surface area (Å²) < 4.78 is 9.17. The number of benzene rings is 1. The molecule has 162 valence electrons. The van der Waals surface area contributed by atoms with Gasteiger partial charge in [-0.2, -0.15) is 0 Å². The average molecular weight is 421 g/mol. The Bertz CT molecular complexity index is 1250. The minimum absolute atomic E-state index is 0.182. The van der Waals surface area contributed by atoms with E-state index in [2.05, 4.69) is 47.5 Å². The van der Waals surface area contributed by atoms with Gasteiger partial charge in [0.2, 0.25) is 0 Å². The molecule has 0 radical (unpaired) electrons. The summed E-state index contributed by atoms with van der Waals surface area (Å²) in [6.45, 7) is 11.7. The summed E-state index contributed by atoms with van der Waals surface area (Å²) >= 11 is 0. The molecule has 8 nitrogen and oxygen atoms in total. The molecule has 0 saturated carbocycles. The highest BCUT2D eigenvalue weighted by Crippen LogP contribution is 2.27. The number of fused-ring (bicyclic) bond motifs is 3. The quantitative estimate of drug-likeness (QED) is 0.329. The van der Waals surface area contributed by atoms with Crippen LogP contribution in [0.5, 0.6) is 5.75 Å². The van der Waals surface area contributed by atoms with E-state index in [-0.39, 0.29) is 6.61 Å². The first kappa shape index (κ1) is 20.8. The van der Waals surface area contributed by atoms with Gasteiger partial charge in [0, 0.05) is 12.2 Å². The van der Waals surface area contributed by atoms with Gasteiger partial charge in [-0.05, 0) is 62.1 Å². The fourth-order valence-corrected chi connectivity index (χ4v) is 3.70. The van der Waals surface area contributed by atoms with E-state index < -0.39 is 0 Å². The van der Waals surface area contributed by atoms with E-state index in [0.29, 0.717) is 11.7 Å². The van der Waals surface area contributed by atoms with Crippen LogP contribution in [-0.2, 0) is 18.0 Å². The van der Waals surface area contributed by atoms with Crippen molar-refractivity contribution in [3.8, 4) is 5.75 Å². The van der Waals surface area contributed by atoms with E-state index in [0.717, 1.165) is 40.2 Å². The maximum Gasteiger partial charge on any atom is 0.192 e. The Morgan fingerprint density at radius 1 is 1.13 bits per heavy atom. The van der Waals surface area contributed by atoms with Crippen molar-refractivity contribution < 1.29 is 9.57 Å². The number of hydrogen-bond donors (Lipinski definition) is 0. The van der Waals surface area contributed by atoms with Gasteiger partial charge < -0.3 is 14.1 Å². The molecular weight excluding hydrogens is 392 g/mol. The van der Waals surface area contributed by atoms with Gasteiger partial charge in [-0.25, -0.2) is 14.5 Å². The van der Waals surface area contributed by atoms with E-state index in [1.54, 1.807) is 18.0 Å². The Morgan fingerprint density at radius 3 is 2.55 bits per heavy atom. The van der Waals surface area contributed by atoms with E-state index in [9.17, 15) is 0 Å².